The second-order valence-electron chi connectivity index (χ2n) is 5.25. The molecule has 0 saturated heterocycles. The van der Waals surface area contributed by atoms with E-state index in [1.165, 1.54) is 11.3 Å². The normalized spacial score (nSPS) is 14.2. The number of aliphatic hydroxyl groups is 2. The molecule has 20 heavy (non-hydrogen) atoms. The van der Waals surface area contributed by atoms with Gasteiger partial charge in [-0.25, -0.2) is 4.79 Å². The summed E-state index contributed by atoms with van der Waals surface area (Å²) in [6.07, 6.45) is -3.05. The number of nitrogens with zero attached hydrogens (tertiary/aromatic N) is 1. The number of thiophene rings is 1. The molecule has 0 bridgehead atoms. The highest BCUT2D eigenvalue weighted by atomic mass is 32.1. The first-order chi connectivity index (χ1) is 9.23. The molecule has 1 aromatic rings. The Kier molecular flexibility index (Phi) is 5.51. The number of rotatable bonds is 4. The minimum Gasteiger partial charge on any atom is -0.444 e. The van der Waals surface area contributed by atoms with E-state index in [1.54, 1.807) is 38.3 Å². The van der Waals surface area contributed by atoms with Crippen LogP contribution in [0.25, 0.3) is 0 Å². The molecule has 0 fully saturated rings. The van der Waals surface area contributed by atoms with Crippen molar-refractivity contribution in [1.29, 1.82) is 5.26 Å². The van der Waals surface area contributed by atoms with Gasteiger partial charge in [-0.05, 0) is 37.8 Å². The first-order valence-corrected chi connectivity index (χ1v) is 6.92. The van der Waals surface area contributed by atoms with Gasteiger partial charge in [0.2, 0.25) is 0 Å². The van der Waals surface area contributed by atoms with Crippen LogP contribution in [0.5, 0.6) is 0 Å². The summed E-state index contributed by atoms with van der Waals surface area (Å²) in [6.45, 7) is 5.28. The van der Waals surface area contributed by atoms with Crippen molar-refractivity contribution in [2.24, 2.45) is 0 Å². The number of aliphatic hydroxyl groups excluding tert-OH is 2. The van der Waals surface area contributed by atoms with Crippen LogP contribution in [0.4, 0.5) is 9.80 Å². The Balaban J connectivity index is 2.64. The first kappa shape index (κ1) is 16.4. The highest BCUT2D eigenvalue weighted by Gasteiger charge is 2.21. The molecule has 1 rings (SSSR count). The summed E-state index contributed by atoms with van der Waals surface area (Å²) >= 11 is 1.20. The van der Waals surface area contributed by atoms with Gasteiger partial charge in [0, 0.05) is 0 Å². The quantitative estimate of drug-likeness (QED) is 0.792. The molecule has 0 radical (unpaired) electrons. The molecule has 0 aliphatic heterocycles. The first-order valence-electron chi connectivity index (χ1n) is 6.04. The molecule has 0 saturated carbocycles. The predicted molar refractivity (Wildman–Crippen MR) is 75.4 cm³/mol. The lowest BCUT2D eigenvalue weighted by atomic mass is 10.1. The van der Waals surface area contributed by atoms with Gasteiger partial charge in [0.25, 0.3) is 0 Å². The SMILES string of the molecule is CC(C)(C)OC(=O)Nc1cc(C(O)C(O)CC#N)cs1. The molecule has 0 aliphatic carbocycles. The Morgan fingerprint density at radius 1 is 1.55 bits per heavy atom. The molecule has 2 atom stereocenters. The molecule has 1 amide bonds. The van der Waals surface area contributed by atoms with Crippen molar-refractivity contribution in [3.8, 4) is 6.07 Å². The molecular weight excluding hydrogens is 280 g/mol. The highest BCUT2D eigenvalue weighted by molar-refractivity contribution is 7.14. The molecule has 6 nitrogen and oxygen atoms in total. The Morgan fingerprint density at radius 3 is 2.75 bits per heavy atom. The predicted octanol–water partition coefficient (Wildman–Crippen LogP) is 2.40. The number of ether oxygens (including phenoxy) is 1. The lowest BCUT2D eigenvalue weighted by molar-refractivity contribution is 0.0219. The van der Waals surface area contributed by atoms with Gasteiger partial charge in [-0.1, -0.05) is 0 Å². The van der Waals surface area contributed by atoms with Crippen LogP contribution < -0.4 is 5.32 Å². The lowest BCUT2D eigenvalue weighted by Gasteiger charge is -2.19. The largest absolute Gasteiger partial charge is 0.444 e. The van der Waals surface area contributed by atoms with Gasteiger partial charge in [0.1, 0.15) is 11.7 Å². The van der Waals surface area contributed by atoms with Crippen LogP contribution >= 0.6 is 11.3 Å². The summed E-state index contributed by atoms with van der Waals surface area (Å²) in [5, 5.41) is 32.5. The Bertz CT molecular complexity index is 501. The zero-order chi connectivity index (χ0) is 15.3. The van der Waals surface area contributed by atoms with Crippen LogP contribution in [0.15, 0.2) is 11.4 Å². The number of amides is 1. The molecule has 2 unspecified atom stereocenters. The zero-order valence-corrected chi connectivity index (χ0v) is 12.4. The van der Waals surface area contributed by atoms with E-state index in [4.69, 9.17) is 10.00 Å². The highest BCUT2D eigenvalue weighted by Crippen LogP contribution is 2.28. The summed E-state index contributed by atoms with van der Waals surface area (Å²) in [6, 6.07) is 3.33. The van der Waals surface area contributed by atoms with Crippen LogP contribution in [-0.4, -0.2) is 28.0 Å². The van der Waals surface area contributed by atoms with E-state index in [0.29, 0.717) is 10.6 Å². The van der Waals surface area contributed by atoms with Crippen LogP contribution in [0.1, 0.15) is 38.9 Å². The summed E-state index contributed by atoms with van der Waals surface area (Å²) in [7, 11) is 0. The maximum Gasteiger partial charge on any atom is 0.412 e. The fourth-order valence-corrected chi connectivity index (χ4v) is 2.22. The van der Waals surface area contributed by atoms with Crippen LogP contribution in [0, 0.1) is 11.3 Å². The molecule has 1 aromatic heterocycles. The minimum absolute atomic E-state index is 0.161. The summed E-state index contributed by atoms with van der Waals surface area (Å²) in [4.78, 5) is 11.6. The van der Waals surface area contributed by atoms with Gasteiger partial charge in [0.05, 0.1) is 23.6 Å². The maximum absolute atomic E-state index is 11.6. The molecule has 3 N–H and O–H groups in total. The van der Waals surface area contributed by atoms with Crippen molar-refractivity contribution in [2.75, 3.05) is 5.32 Å². The van der Waals surface area contributed by atoms with Crippen molar-refractivity contribution >= 4 is 22.4 Å². The Hall–Kier alpha value is -1.62. The number of carbonyl (C=O) groups is 1. The van der Waals surface area contributed by atoms with Crippen molar-refractivity contribution in [2.45, 2.75) is 45.0 Å². The fraction of sp³-hybridized carbons (Fsp3) is 0.538. The second-order valence-corrected chi connectivity index (χ2v) is 6.16. The van der Waals surface area contributed by atoms with Gasteiger partial charge < -0.3 is 14.9 Å². The number of carbonyl (C=O) groups excluding carboxylic acids is 1. The summed E-state index contributed by atoms with van der Waals surface area (Å²) in [5.74, 6) is 0. The van der Waals surface area contributed by atoms with E-state index in [0.717, 1.165) is 0 Å². The van der Waals surface area contributed by atoms with E-state index in [-0.39, 0.29) is 6.42 Å². The van der Waals surface area contributed by atoms with Crippen molar-refractivity contribution < 1.29 is 19.7 Å². The van der Waals surface area contributed by atoms with E-state index >= 15 is 0 Å². The monoisotopic (exact) mass is 298 g/mol. The topological polar surface area (TPSA) is 103 Å². The molecule has 110 valence electrons. The van der Waals surface area contributed by atoms with E-state index in [1.807, 2.05) is 0 Å². The van der Waals surface area contributed by atoms with Crippen molar-refractivity contribution in [3.63, 3.8) is 0 Å². The number of hydrogen-bond donors (Lipinski definition) is 3. The standard InChI is InChI=1S/C13H18N2O4S/c1-13(2,3)19-12(18)15-10-6-8(7-20-10)11(17)9(16)4-5-14/h6-7,9,11,16-17H,4H2,1-3H3,(H,15,18). The lowest BCUT2D eigenvalue weighted by Crippen LogP contribution is -2.27. The Morgan fingerprint density at radius 2 is 2.20 bits per heavy atom. The molecule has 0 spiro atoms. The third-order valence-corrected chi connectivity index (χ3v) is 3.11. The zero-order valence-electron chi connectivity index (χ0n) is 11.6. The van der Waals surface area contributed by atoms with E-state index in [2.05, 4.69) is 5.32 Å². The molecule has 1 heterocycles. The van der Waals surface area contributed by atoms with Crippen molar-refractivity contribution in [3.05, 3.63) is 17.0 Å². The fourth-order valence-electron chi connectivity index (χ4n) is 1.40. The van der Waals surface area contributed by atoms with Crippen LogP contribution in [0.3, 0.4) is 0 Å². The molecule has 0 aliphatic rings. The molecular formula is C13H18N2O4S. The van der Waals surface area contributed by atoms with Gasteiger partial charge >= 0.3 is 6.09 Å². The van der Waals surface area contributed by atoms with Gasteiger partial charge in [-0.15, -0.1) is 11.3 Å². The average Bonchev–Trinajstić information content (AvgIpc) is 2.74. The molecule has 0 aromatic carbocycles. The van der Waals surface area contributed by atoms with E-state index < -0.39 is 23.9 Å². The van der Waals surface area contributed by atoms with Gasteiger partial charge in [-0.3, -0.25) is 5.32 Å². The maximum atomic E-state index is 11.6. The van der Waals surface area contributed by atoms with Crippen molar-refractivity contribution in [1.82, 2.24) is 0 Å². The second kappa shape index (κ2) is 6.70. The van der Waals surface area contributed by atoms with Crippen LogP contribution in [-0.2, 0) is 4.74 Å². The van der Waals surface area contributed by atoms with E-state index in [9.17, 15) is 15.0 Å². The summed E-state index contributed by atoms with van der Waals surface area (Å²) in [5.41, 5.74) is -0.143. The smallest absolute Gasteiger partial charge is 0.412 e. The third-order valence-electron chi connectivity index (χ3n) is 2.25. The minimum atomic E-state index is -1.15. The van der Waals surface area contributed by atoms with Gasteiger partial charge in [0.15, 0.2) is 0 Å². The molecule has 7 heteroatoms. The third kappa shape index (κ3) is 5.17. The Labute approximate surface area is 121 Å². The average molecular weight is 298 g/mol. The number of hydrogen-bond acceptors (Lipinski definition) is 6. The van der Waals surface area contributed by atoms with Gasteiger partial charge in [-0.2, -0.15) is 5.26 Å². The number of anilines is 1. The summed E-state index contributed by atoms with van der Waals surface area (Å²) < 4.78 is 5.10. The number of nitrogens with one attached hydrogen (secondary N) is 1. The van der Waals surface area contributed by atoms with Crippen LogP contribution in [0.2, 0.25) is 0 Å². The number of nitriles is 1.